The third-order valence-corrected chi connectivity index (χ3v) is 17.5. The first-order valence-electron chi connectivity index (χ1n) is 24.2. The number of aromatic nitrogens is 1. The number of nitrogens with one attached hydrogen (secondary N) is 2. The van der Waals surface area contributed by atoms with Crippen LogP contribution in [0.25, 0.3) is 0 Å². The summed E-state index contributed by atoms with van der Waals surface area (Å²) in [6.07, 6.45) is 16.5. The second-order valence-corrected chi connectivity index (χ2v) is 20.8. The second-order valence-electron chi connectivity index (χ2n) is 20.8. The summed E-state index contributed by atoms with van der Waals surface area (Å²) in [6, 6.07) is 9.43. The SMILES string of the molecule is COc1c(O)c(O)c(CO)c(C2CC(O)C3CCC(c4ccc5c(c4)C4C(CCC6CC7NCCCC7CC64)C(O)CCC4(O)CCC(CCO5)C4)CC3O2)c1Cc1cc[nH]c1. The second kappa shape index (κ2) is 17.6. The number of rotatable bonds is 6. The van der Waals surface area contributed by atoms with Crippen molar-refractivity contribution < 1.29 is 44.8 Å². The van der Waals surface area contributed by atoms with Gasteiger partial charge in [-0.05, 0) is 179 Å². The molecule has 14 unspecified atom stereocenters. The smallest absolute Gasteiger partial charge is 0.201 e. The minimum absolute atomic E-state index is 0.0552. The van der Waals surface area contributed by atoms with Gasteiger partial charge in [-0.2, -0.15) is 0 Å². The summed E-state index contributed by atoms with van der Waals surface area (Å²) < 4.78 is 19.6. The van der Waals surface area contributed by atoms with Crippen molar-refractivity contribution >= 4 is 0 Å². The molecule has 4 aliphatic carbocycles. The average Bonchev–Trinajstić information content (AvgIpc) is 3.94. The Kier molecular flexibility index (Phi) is 12.1. The molecular formula is C51H70N2O9. The molecule has 4 saturated carbocycles. The lowest BCUT2D eigenvalue weighted by Crippen LogP contribution is -2.51. The van der Waals surface area contributed by atoms with Gasteiger partial charge in [0.1, 0.15) is 5.75 Å². The lowest BCUT2D eigenvalue weighted by molar-refractivity contribution is -0.154. The molecule has 1 aromatic heterocycles. The highest BCUT2D eigenvalue weighted by molar-refractivity contribution is 5.64. The van der Waals surface area contributed by atoms with Gasteiger partial charge in [-0.25, -0.2) is 0 Å². The lowest BCUT2D eigenvalue weighted by Gasteiger charge is -2.53. The molecule has 2 bridgehead atoms. The van der Waals surface area contributed by atoms with E-state index < -0.39 is 42.0 Å². The van der Waals surface area contributed by atoms with Crippen LogP contribution in [0.4, 0.5) is 0 Å². The van der Waals surface area contributed by atoms with Crippen molar-refractivity contribution in [3.05, 3.63) is 70.0 Å². The molecule has 2 saturated heterocycles. The molecule has 338 valence electrons. The molecule has 3 aromatic rings. The van der Waals surface area contributed by atoms with Crippen molar-refractivity contribution in [2.45, 2.75) is 164 Å². The Morgan fingerprint density at radius 2 is 1.69 bits per heavy atom. The molecule has 7 aliphatic rings. The van der Waals surface area contributed by atoms with Gasteiger partial charge in [0.25, 0.3) is 0 Å². The van der Waals surface area contributed by atoms with Crippen molar-refractivity contribution in [3.8, 4) is 23.0 Å². The predicted molar refractivity (Wildman–Crippen MR) is 234 cm³/mol. The number of aliphatic hydroxyl groups excluding tert-OH is 3. The maximum atomic E-state index is 12.3. The van der Waals surface area contributed by atoms with E-state index in [1.807, 2.05) is 18.5 Å². The fourth-order valence-electron chi connectivity index (χ4n) is 14.4. The number of H-pyrrole nitrogens is 1. The van der Waals surface area contributed by atoms with E-state index >= 15 is 0 Å². The van der Waals surface area contributed by atoms with Crippen LogP contribution in [0.2, 0.25) is 0 Å². The Morgan fingerprint density at radius 1 is 0.839 bits per heavy atom. The number of phenols is 2. The first-order valence-corrected chi connectivity index (χ1v) is 24.2. The zero-order valence-electron chi connectivity index (χ0n) is 36.5. The Hall–Kier alpha value is -3.32. The van der Waals surface area contributed by atoms with Crippen molar-refractivity contribution in [3.63, 3.8) is 0 Å². The molecule has 10 rings (SSSR count). The van der Waals surface area contributed by atoms with Gasteiger partial charge in [-0.3, -0.25) is 0 Å². The number of hydrogen-bond donors (Lipinski definition) is 8. The molecule has 11 heteroatoms. The normalized spacial score (nSPS) is 38.4. The lowest BCUT2D eigenvalue weighted by atomic mass is 9.55. The Balaban J connectivity index is 0.985. The maximum Gasteiger partial charge on any atom is 0.201 e. The number of fused-ring (bicyclic) bond motifs is 9. The van der Waals surface area contributed by atoms with E-state index in [-0.39, 0.29) is 41.1 Å². The number of hydrogen-bond acceptors (Lipinski definition) is 10. The van der Waals surface area contributed by atoms with E-state index in [9.17, 15) is 30.6 Å². The van der Waals surface area contributed by atoms with Crippen molar-refractivity contribution in [1.29, 1.82) is 0 Å². The van der Waals surface area contributed by atoms with Crippen LogP contribution in [0.15, 0.2) is 36.7 Å². The van der Waals surface area contributed by atoms with Gasteiger partial charge in [-0.1, -0.05) is 12.1 Å². The third kappa shape index (κ3) is 7.95. The van der Waals surface area contributed by atoms with Crippen LogP contribution >= 0.6 is 0 Å². The summed E-state index contributed by atoms with van der Waals surface area (Å²) in [5, 5.41) is 72.5. The standard InChI is InChI=1S/C51H70N2O9/c1-60-50-38(19-29-12-17-52-26-29)47(39(27-54)48(57)49(50)58)45-24-42(56)34-7-4-31(23-44(34)62-45)30-6-9-43-37(20-30)46-35(8-5-32-22-40-33(21-36(32)46)3-2-16-53-40)41(55)11-15-51(59)14-10-28(25-51)13-18-61-43/h6,9,12,17,20,26,28,31-36,40-42,44-46,52-59H,2-5,7-8,10-11,13-16,18-19,21-25,27H2,1H3. The number of aromatic hydroxyl groups is 2. The van der Waals surface area contributed by atoms with E-state index in [2.05, 4.69) is 28.5 Å². The molecule has 2 aromatic carbocycles. The number of benzene rings is 2. The first-order chi connectivity index (χ1) is 30.1. The molecule has 0 amide bonds. The fourth-order valence-corrected chi connectivity index (χ4v) is 14.4. The van der Waals surface area contributed by atoms with E-state index in [1.165, 1.54) is 43.9 Å². The molecular weight excluding hydrogens is 785 g/mol. The minimum Gasteiger partial charge on any atom is -0.504 e. The van der Waals surface area contributed by atoms with Gasteiger partial charge in [-0.15, -0.1) is 0 Å². The highest BCUT2D eigenvalue weighted by Crippen LogP contribution is 2.58. The number of piperidine rings is 1. The Labute approximate surface area is 366 Å². The van der Waals surface area contributed by atoms with Gasteiger partial charge in [0.15, 0.2) is 11.5 Å². The molecule has 62 heavy (non-hydrogen) atoms. The number of ether oxygens (including phenoxy) is 3. The van der Waals surface area contributed by atoms with Gasteiger partial charge >= 0.3 is 0 Å². The molecule has 11 nitrogen and oxygen atoms in total. The number of aromatic amines is 1. The molecule has 0 radical (unpaired) electrons. The summed E-state index contributed by atoms with van der Waals surface area (Å²) >= 11 is 0. The van der Waals surface area contributed by atoms with Crippen LogP contribution in [-0.2, 0) is 17.8 Å². The number of aliphatic hydroxyl groups is 4. The number of methoxy groups -OCH3 is 1. The summed E-state index contributed by atoms with van der Waals surface area (Å²) in [4.78, 5) is 3.09. The molecule has 14 atom stereocenters. The maximum absolute atomic E-state index is 12.3. The van der Waals surface area contributed by atoms with Crippen molar-refractivity contribution in [2.75, 3.05) is 20.3 Å². The van der Waals surface area contributed by atoms with Gasteiger partial charge in [0, 0.05) is 48.3 Å². The topological polar surface area (TPSA) is 177 Å². The zero-order chi connectivity index (χ0) is 42.7. The van der Waals surface area contributed by atoms with E-state index in [1.54, 1.807) is 0 Å². The summed E-state index contributed by atoms with van der Waals surface area (Å²) in [5.74, 6) is 2.75. The monoisotopic (exact) mass is 855 g/mol. The van der Waals surface area contributed by atoms with Crippen molar-refractivity contribution in [2.24, 2.45) is 35.5 Å². The van der Waals surface area contributed by atoms with E-state index in [0.717, 1.165) is 69.2 Å². The summed E-state index contributed by atoms with van der Waals surface area (Å²) in [5.41, 5.74) is 4.12. The fraction of sp³-hybridized carbons (Fsp3) is 0.686. The molecule has 3 aliphatic heterocycles. The van der Waals surface area contributed by atoms with Crippen molar-refractivity contribution in [1.82, 2.24) is 10.3 Å². The Morgan fingerprint density at radius 3 is 2.52 bits per heavy atom. The summed E-state index contributed by atoms with van der Waals surface area (Å²) in [6.45, 7) is 1.22. The third-order valence-electron chi connectivity index (χ3n) is 17.5. The number of phenolic OH excluding ortho intramolecular Hbond substituents is 1. The van der Waals surface area contributed by atoms with E-state index in [4.69, 9.17) is 14.2 Å². The molecule has 0 spiro atoms. The zero-order valence-corrected chi connectivity index (χ0v) is 36.5. The largest absolute Gasteiger partial charge is 0.504 e. The molecule has 4 heterocycles. The van der Waals surface area contributed by atoms with Gasteiger partial charge < -0.3 is 55.2 Å². The predicted octanol–water partition coefficient (Wildman–Crippen LogP) is 7.64. The van der Waals surface area contributed by atoms with Crippen LogP contribution < -0.4 is 14.8 Å². The van der Waals surface area contributed by atoms with Crippen LogP contribution in [0, 0.1) is 35.5 Å². The minimum atomic E-state index is -0.691. The van der Waals surface area contributed by atoms with Crippen LogP contribution in [-0.4, -0.2) is 85.8 Å². The summed E-state index contributed by atoms with van der Waals surface area (Å²) in [7, 11) is 1.46. The van der Waals surface area contributed by atoms with Crippen LogP contribution in [0.5, 0.6) is 23.0 Å². The van der Waals surface area contributed by atoms with Gasteiger partial charge in [0.2, 0.25) is 5.75 Å². The highest BCUT2D eigenvalue weighted by atomic mass is 16.5. The Bertz CT molecular complexity index is 2040. The molecule has 8 N–H and O–H groups in total. The highest BCUT2D eigenvalue weighted by Gasteiger charge is 2.50. The first kappa shape index (κ1) is 42.6. The molecule has 6 fully saturated rings. The average molecular weight is 855 g/mol. The van der Waals surface area contributed by atoms with Gasteiger partial charge in [0.05, 0.1) is 50.3 Å². The van der Waals surface area contributed by atoms with E-state index in [0.29, 0.717) is 79.6 Å². The van der Waals surface area contributed by atoms with Crippen LogP contribution in [0.1, 0.15) is 154 Å². The van der Waals surface area contributed by atoms with Crippen LogP contribution in [0.3, 0.4) is 0 Å². The quantitative estimate of drug-likeness (QED) is 0.115.